The summed E-state index contributed by atoms with van der Waals surface area (Å²) in [6.45, 7) is 0. The van der Waals surface area contributed by atoms with Gasteiger partial charge in [0.05, 0.1) is 0 Å². The first-order valence-corrected chi connectivity index (χ1v) is 6.83. The molecular weight excluding hydrogens is 216 g/mol. The molecule has 0 aromatic rings. The van der Waals surface area contributed by atoms with Crippen LogP contribution in [0.3, 0.4) is 0 Å². The molecule has 0 unspecified atom stereocenters. The summed E-state index contributed by atoms with van der Waals surface area (Å²) in [7, 11) is 0. The SMILES string of the molecule is O=C(CCCCCC(=O)NC1CC1)NC1CC1. The van der Waals surface area contributed by atoms with E-state index in [0.717, 1.165) is 44.9 Å². The number of carbonyl (C=O) groups is 2. The van der Waals surface area contributed by atoms with E-state index in [1.54, 1.807) is 0 Å². The Bertz CT molecular complexity index is 255. The molecule has 2 saturated carbocycles. The summed E-state index contributed by atoms with van der Waals surface area (Å²) >= 11 is 0. The second kappa shape index (κ2) is 6.03. The van der Waals surface area contributed by atoms with Gasteiger partial charge in [0.15, 0.2) is 0 Å². The lowest BCUT2D eigenvalue weighted by Gasteiger charge is -2.04. The molecule has 4 nitrogen and oxygen atoms in total. The lowest BCUT2D eigenvalue weighted by atomic mass is 10.1. The summed E-state index contributed by atoms with van der Waals surface area (Å²) < 4.78 is 0. The number of amides is 2. The minimum absolute atomic E-state index is 0.176. The fraction of sp³-hybridized carbons (Fsp3) is 0.846. The summed E-state index contributed by atoms with van der Waals surface area (Å²) in [5.74, 6) is 0.352. The van der Waals surface area contributed by atoms with E-state index >= 15 is 0 Å². The number of hydrogen-bond donors (Lipinski definition) is 2. The van der Waals surface area contributed by atoms with E-state index in [1.807, 2.05) is 0 Å². The Labute approximate surface area is 103 Å². The number of nitrogens with one attached hydrogen (secondary N) is 2. The molecule has 2 aliphatic rings. The molecule has 4 heteroatoms. The Morgan fingerprint density at radius 1 is 0.765 bits per heavy atom. The van der Waals surface area contributed by atoms with E-state index < -0.39 is 0 Å². The van der Waals surface area contributed by atoms with Crippen LogP contribution >= 0.6 is 0 Å². The molecule has 0 aromatic heterocycles. The highest BCUT2D eigenvalue weighted by Crippen LogP contribution is 2.19. The highest BCUT2D eigenvalue weighted by Gasteiger charge is 2.23. The van der Waals surface area contributed by atoms with E-state index in [1.165, 1.54) is 0 Å². The summed E-state index contributed by atoms with van der Waals surface area (Å²) in [4.78, 5) is 22.7. The van der Waals surface area contributed by atoms with Crippen LogP contribution in [0.4, 0.5) is 0 Å². The summed E-state index contributed by atoms with van der Waals surface area (Å²) in [5.41, 5.74) is 0. The van der Waals surface area contributed by atoms with E-state index in [0.29, 0.717) is 24.9 Å². The number of hydrogen-bond acceptors (Lipinski definition) is 2. The molecule has 0 saturated heterocycles. The van der Waals surface area contributed by atoms with Crippen molar-refractivity contribution >= 4 is 11.8 Å². The molecule has 2 fully saturated rings. The molecule has 2 rings (SSSR count). The maximum Gasteiger partial charge on any atom is 0.220 e. The Kier molecular flexibility index (Phi) is 4.40. The molecule has 0 aliphatic heterocycles. The predicted molar refractivity (Wildman–Crippen MR) is 65.4 cm³/mol. The van der Waals surface area contributed by atoms with Crippen LogP contribution in [0.1, 0.15) is 57.8 Å². The normalized spacial score (nSPS) is 18.8. The molecule has 0 radical (unpaired) electrons. The molecule has 0 atom stereocenters. The van der Waals surface area contributed by atoms with E-state index in [-0.39, 0.29) is 11.8 Å². The van der Waals surface area contributed by atoms with Gasteiger partial charge in [-0.15, -0.1) is 0 Å². The van der Waals surface area contributed by atoms with Crippen molar-refractivity contribution < 1.29 is 9.59 Å². The van der Waals surface area contributed by atoms with Gasteiger partial charge in [-0.1, -0.05) is 6.42 Å². The summed E-state index contributed by atoms with van der Waals surface area (Å²) in [6.07, 6.45) is 8.57. The largest absolute Gasteiger partial charge is 0.353 e. The van der Waals surface area contributed by atoms with Crippen molar-refractivity contribution in [3.8, 4) is 0 Å². The van der Waals surface area contributed by atoms with Gasteiger partial charge < -0.3 is 10.6 Å². The van der Waals surface area contributed by atoms with Crippen molar-refractivity contribution in [3.63, 3.8) is 0 Å². The average molecular weight is 238 g/mol. The lowest BCUT2D eigenvalue weighted by Crippen LogP contribution is -2.25. The molecule has 0 bridgehead atoms. The number of rotatable bonds is 8. The highest BCUT2D eigenvalue weighted by atomic mass is 16.2. The smallest absolute Gasteiger partial charge is 0.220 e. The second-order valence-corrected chi connectivity index (χ2v) is 5.24. The second-order valence-electron chi connectivity index (χ2n) is 5.24. The maximum atomic E-state index is 11.4. The monoisotopic (exact) mass is 238 g/mol. The third-order valence-corrected chi connectivity index (χ3v) is 3.19. The third kappa shape index (κ3) is 5.71. The van der Waals surface area contributed by atoms with Crippen LogP contribution in [0.5, 0.6) is 0 Å². The minimum Gasteiger partial charge on any atom is -0.353 e. The van der Waals surface area contributed by atoms with Crippen LogP contribution in [-0.4, -0.2) is 23.9 Å². The molecule has 2 N–H and O–H groups in total. The van der Waals surface area contributed by atoms with Crippen molar-refractivity contribution in [1.82, 2.24) is 10.6 Å². The van der Waals surface area contributed by atoms with E-state index in [9.17, 15) is 9.59 Å². The van der Waals surface area contributed by atoms with E-state index in [2.05, 4.69) is 10.6 Å². The van der Waals surface area contributed by atoms with Crippen LogP contribution in [0, 0.1) is 0 Å². The molecule has 2 amide bonds. The Morgan fingerprint density at radius 2 is 1.18 bits per heavy atom. The standard InChI is InChI=1S/C13H22N2O2/c16-12(14-10-6-7-10)4-2-1-3-5-13(17)15-11-8-9-11/h10-11H,1-9H2,(H,14,16)(H,15,17). The zero-order valence-electron chi connectivity index (χ0n) is 10.3. The van der Waals surface area contributed by atoms with Gasteiger partial charge in [-0.2, -0.15) is 0 Å². The minimum atomic E-state index is 0.176. The van der Waals surface area contributed by atoms with Crippen molar-refractivity contribution in [2.24, 2.45) is 0 Å². The topological polar surface area (TPSA) is 58.2 Å². The maximum absolute atomic E-state index is 11.4. The van der Waals surface area contributed by atoms with Crippen molar-refractivity contribution in [1.29, 1.82) is 0 Å². The molecule has 96 valence electrons. The van der Waals surface area contributed by atoms with Gasteiger partial charge >= 0.3 is 0 Å². The Balaban J connectivity index is 1.39. The third-order valence-electron chi connectivity index (χ3n) is 3.19. The van der Waals surface area contributed by atoms with Gasteiger partial charge in [-0.25, -0.2) is 0 Å². The van der Waals surface area contributed by atoms with Gasteiger partial charge in [0.2, 0.25) is 11.8 Å². The summed E-state index contributed by atoms with van der Waals surface area (Å²) in [6, 6.07) is 0.929. The highest BCUT2D eigenvalue weighted by molar-refractivity contribution is 5.77. The zero-order chi connectivity index (χ0) is 12.1. The van der Waals surface area contributed by atoms with Gasteiger partial charge in [0, 0.05) is 24.9 Å². The number of unbranched alkanes of at least 4 members (excludes halogenated alkanes) is 2. The van der Waals surface area contributed by atoms with Crippen molar-refractivity contribution in [2.75, 3.05) is 0 Å². The lowest BCUT2D eigenvalue weighted by molar-refractivity contribution is -0.121. The van der Waals surface area contributed by atoms with E-state index in [4.69, 9.17) is 0 Å². The molecule has 17 heavy (non-hydrogen) atoms. The molecule has 0 spiro atoms. The van der Waals surface area contributed by atoms with Crippen LogP contribution < -0.4 is 10.6 Å². The first-order valence-electron chi connectivity index (χ1n) is 6.83. The fourth-order valence-electron chi connectivity index (χ4n) is 1.80. The Morgan fingerprint density at radius 3 is 1.53 bits per heavy atom. The number of carbonyl (C=O) groups excluding carboxylic acids is 2. The average Bonchev–Trinajstić information content (AvgIpc) is 3.13. The molecule has 0 aromatic carbocycles. The fourth-order valence-corrected chi connectivity index (χ4v) is 1.80. The van der Waals surface area contributed by atoms with Gasteiger partial charge in [0.25, 0.3) is 0 Å². The Hall–Kier alpha value is -1.06. The van der Waals surface area contributed by atoms with Crippen LogP contribution in [0.25, 0.3) is 0 Å². The van der Waals surface area contributed by atoms with Crippen LogP contribution in [-0.2, 0) is 9.59 Å². The first kappa shape index (κ1) is 12.4. The molecular formula is C13H22N2O2. The predicted octanol–water partition coefficient (Wildman–Crippen LogP) is 1.49. The van der Waals surface area contributed by atoms with Crippen LogP contribution in [0.15, 0.2) is 0 Å². The summed E-state index contributed by atoms with van der Waals surface area (Å²) in [5, 5.41) is 5.94. The zero-order valence-corrected chi connectivity index (χ0v) is 10.3. The van der Waals surface area contributed by atoms with Crippen molar-refractivity contribution in [3.05, 3.63) is 0 Å². The first-order chi connectivity index (χ1) is 8.24. The van der Waals surface area contributed by atoms with Gasteiger partial charge in [-0.3, -0.25) is 9.59 Å². The van der Waals surface area contributed by atoms with Gasteiger partial charge in [0.1, 0.15) is 0 Å². The van der Waals surface area contributed by atoms with Crippen LogP contribution in [0.2, 0.25) is 0 Å². The molecule has 2 aliphatic carbocycles. The quantitative estimate of drug-likeness (QED) is 0.629. The van der Waals surface area contributed by atoms with Crippen molar-refractivity contribution in [2.45, 2.75) is 69.9 Å². The molecule has 0 heterocycles. The van der Waals surface area contributed by atoms with Gasteiger partial charge in [-0.05, 0) is 38.5 Å².